The van der Waals surface area contributed by atoms with Gasteiger partial charge in [0.25, 0.3) is 0 Å². The smallest absolute Gasteiger partial charge is 0.0608 e. The fraction of sp³-hybridized carbons (Fsp3) is 0.500. The third-order valence-corrected chi connectivity index (χ3v) is 5.37. The van der Waals surface area contributed by atoms with Crippen LogP contribution in [0.25, 0.3) is 0 Å². The first-order valence-electron chi connectivity index (χ1n) is 8.38. The molecule has 0 aromatic heterocycles. The minimum absolute atomic E-state index is 0.125. The van der Waals surface area contributed by atoms with Gasteiger partial charge in [0.15, 0.2) is 0 Å². The van der Waals surface area contributed by atoms with Crippen LogP contribution in [0.5, 0.6) is 0 Å². The molecule has 1 heteroatoms. The summed E-state index contributed by atoms with van der Waals surface area (Å²) in [6.07, 6.45) is 10.0. The zero-order valence-electron chi connectivity index (χ0n) is 13.3. The lowest BCUT2D eigenvalue weighted by molar-refractivity contribution is 0.201. The van der Waals surface area contributed by atoms with E-state index in [1.165, 1.54) is 50.6 Å². The summed E-state index contributed by atoms with van der Waals surface area (Å²) >= 11 is 0. The molecule has 1 atom stereocenters. The molecular weight excluding hydrogens is 254 g/mol. The highest BCUT2D eigenvalue weighted by Crippen LogP contribution is 2.43. The first kappa shape index (κ1) is 14.6. The maximum absolute atomic E-state index is 4.24. The highest BCUT2D eigenvalue weighted by atomic mass is 15.2. The van der Waals surface area contributed by atoms with E-state index in [0.717, 1.165) is 6.54 Å². The standard InChI is InChI=1S/C20H27N/c1-3-20(19-13-8-7-10-17(19)2)14-9-15-21(20)16-18-11-5-4-6-12-18/h3-6,11-12H,1,7-10,13-16H2,2H3. The quantitative estimate of drug-likeness (QED) is 0.694. The van der Waals surface area contributed by atoms with Crippen molar-refractivity contribution < 1.29 is 0 Å². The van der Waals surface area contributed by atoms with Crippen LogP contribution in [0.4, 0.5) is 0 Å². The van der Waals surface area contributed by atoms with Crippen molar-refractivity contribution in [2.75, 3.05) is 6.54 Å². The molecule has 112 valence electrons. The van der Waals surface area contributed by atoms with E-state index in [1.54, 1.807) is 11.1 Å². The topological polar surface area (TPSA) is 3.24 Å². The SMILES string of the molecule is C=CC1(C2=C(C)CCCC2)CCCN1Cc1ccccc1. The van der Waals surface area contributed by atoms with Crippen LogP contribution < -0.4 is 0 Å². The Morgan fingerprint density at radius 3 is 2.62 bits per heavy atom. The van der Waals surface area contributed by atoms with Crippen LogP contribution in [0.2, 0.25) is 0 Å². The molecule has 1 saturated heterocycles. The summed E-state index contributed by atoms with van der Waals surface area (Å²) in [7, 11) is 0. The Bertz CT molecular complexity index is 528. The Kier molecular flexibility index (Phi) is 4.30. The van der Waals surface area contributed by atoms with Gasteiger partial charge < -0.3 is 0 Å². The molecule has 1 unspecified atom stereocenters. The van der Waals surface area contributed by atoms with Crippen molar-refractivity contribution in [3.63, 3.8) is 0 Å². The zero-order valence-corrected chi connectivity index (χ0v) is 13.3. The number of allylic oxidation sites excluding steroid dienone is 1. The van der Waals surface area contributed by atoms with E-state index in [-0.39, 0.29) is 5.54 Å². The second-order valence-electron chi connectivity index (χ2n) is 6.61. The zero-order chi connectivity index (χ0) is 14.7. The van der Waals surface area contributed by atoms with E-state index in [0.29, 0.717) is 0 Å². The largest absolute Gasteiger partial charge is 0.286 e. The monoisotopic (exact) mass is 281 g/mol. The first-order chi connectivity index (χ1) is 10.3. The molecule has 1 fully saturated rings. The number of rotatable bonds is 4. The Labute approximate surface area is 129 Å². The van der Waals surface area contributed by atoms with Gasteiger partial charge in [0, 0.05) is 6.54 Å². The summed E-state index contributed by atoms with van der Waals surface area (Å²) in [5.74, 6) is 0. The molecule has 1 aromatic rings. The predicted molar refractivity (Wildman–Crippen MR) is 90.2 cm³/mol. The van der Waals surface area contributed by atoms with Crippen molar-refractivity contribution in [3.05, 3.63) is 59.7 Å². The summed E-state index contributed by atoms with van der Waals surface area (Å²) in [4.78, 5) is 2.67. The molecule has 1 nitrogen and oxygen atoms in total. The minimum Gasteiger partial charge on any atom is -0.286 e. The molecule has 3 rings (SSSR count). The molecule has 1 heterocycles. The molecule has 1 aliphatic heterocycles. The van der Waals surface area contributed by atoms with Crippen molar-refractivity contribution in [2.24, 2.45) is 0 Å². The summed E-state index contributed by atoms with van der Waals surface area (Å²) in [6.45, 7) is 8.82. The van der Waals surface area contributed by atoms with Crippen LogP contribution >= 0.6 is 0 Å². The molecule has 0 N–H and O–H groups in total. The minimum atomic E-state index is 0.125. The Hall–Kier alpha value is -1.34. The average molecular weight is 281 g/mol. The maximum atomic E-state index is 4.24. The Morgan fingerprint density at radius 2 is 1.90 bits per heavy atom. The molecule has 0 saturated carbocycles. The molecule has 0 radical (unpaired) electrons. The normalized spacial score (nSPS) is 27.1. The molecule has 1 aromatic carbocycles. The molecule has 1 aliphatic carbocycles. The van der Waals surface area contributed by atoms with E-state index in [4.69, 9.17) is 0 Å². The second-order valence-corrected chi connectivity index (χ2v) is 6.61. The third kappa shape index (κ3) is 2.72. The Morgan fingerprint density at radius 1 is 1.14 bits per heavy atom. The van der Waals surface area contributed by atoms with Gasteiger partial charge in [-0.15, -0.1) is 6.58 Å². The van der Waals surface area contributed by atoms with Gasteiger partial charge in [-0.1, -0.05) is 42.0 Å². The average Bonchev–Trinajstić information content (AvgIpc) is 2.92. The van der Waals surface area contributed by atoms with Crippen LogP contribution in [0.15, 0.2) is 54.1 Å². The van der Waals surface area contributed by atoms with E-state index < -0.39 is 0 Å². The fourth-order valence-corrected chi connectivity index (χ4v) is 4.26. The molecule has 2 aliphatic rings. The highest BCUT2D eigenvalue weighted by molar-refractivity contribution is 5.35. The van der Waals surface area contributed by atoms with Gasteiger partial charge in [-0.2, -0.15) is 0 Å². The number of benzene rings is 1. The van der Waals surface area contributed by atoms with Crippen molar-refractivity contribution in [3.8, 4) is 0 Å². The molecule has 0 amide bonds. The molecule has 0 spiro atoms. The van der Waals surface area contributed by atoms with Gasteiger partial charge in [0.2, 0.25) is 0 Å². The summed E-state index contributed by atoms with van der Waals surface area (Å²) in [5, 5.41) is 0. The Balaban J connectivity index is 1.91. The van der Waals surface area contributed by atoms with Crippen molar-refractivity contribution >= 4 is 0 Å². The van der Waals surface area contributed by atoms with Gasteiger partial charge in [-0.05, 0) is 63.1 Å². The van der Waals surface area contributed by atoms with Crippen LogP contribution in [0, 0.1) is 0 Å². The van der Waals surface area contributed by atoms with Crippen LogP contribution in [0.3, 0.4) is 0 Å². The fourth-order valence-electron chi connectivity index (χ4n) is 4.26. The first-order valence-corrected chi connectivity index (χ1v) is 8.38. The van der Waals surface area contributed by atoms with Crippen LogP contribution in [0.1, 0.15) is 51.0 Å². The highest BCUT2D eigenvalue weighted by Gasteiger charge is 2.42. The lowest BCUT2D eigenvalue weighted by atomic mass is 9.77. The third-order valence-electron chi connectivity index (χ3n) is 5.37. The van der Waals surface area contributed by atoms with Gasteiger partial charge in [-0.3, -0.25) is 4.90 Å². The maximum Gasteiger partial charge on any atom is 0.0608 e. The van der Waals surface area contributed by atoms with Crippen molar-refractivity contribution in [1.29, 1.82) is 0 Å². The van der Waals surface area contributed by atoms with Crippen molar-refractivity contribution in [1.82, 2.24) is 4.90 Å². The van der Waals surface area contributed by atoms with E-state index in [2.05, 4.69) is 54.8 Å². The van der Waals surface area contributed by atoms with Crippen LogP contribution in [-0.4, -0.2) is 17.0 Å². The van der Waals surface area contributed by atoms with Crippen molar-refractivity contribution in [2.45, 2.75) is 57.5 Å². The summed E-state index contributed by atoms with van der Waals surface area (Å²) < 4.78 is 0. The molecule has 0 bridgehead atoms. The van der Waals surface area contributed by atoms with E-state index >= 15 is 0 Å². The van der Waals surface area contributed by atoms with E-state index in [1.807, 2.05) is 0 Å². The molecule has 21 heavy (non-hydrogen) atoms. The van der Waals surface area contributed by atoms with Gasteiger partial charge in [-0.25, -0.2) is 0 Å². The molecular formula is C20H27N. The number of hydrogen-bond acceptors (Lipinski definition) is 1. The number of nitrogens with zero attached hydrogens (tertiary/aromatic N) is 1. The number of hydrogen-bond donors (Lipinski definition) is 0. The predicted octanol–water partition coefficient (Wildman–Crippen LogP) is 5.10. The van der Waals surface area contributed by atoms with E-state index in [9.17, 15) is 0 Å². The van der Waals surface area contributed by atoms with Gasteiger partial charge >= 0.3 is 0 Å². The summed E-state index contributed by atoms with van der Waals surface area (Å²) in [6, 6.07) is 10.9. The second kappa shape index (κ2) is 6.19. The lowest BCUT2D eigenvalue weighted by Gasteiger charge is -2.41. The summed E-state index contributed by atoms with van der Waals surface area (Å²) in [5.41, 5.74) is 4.85. The van der Waals surface area contributed by atoms with Crippen LogP contribution in [-0.2, 0) is 6.54 Å². The van der Waals surface area contributed by atoms with Gasteiger partial charge in [0.05, 0.1) is 5.54 Å². The van der Waals surface area contributed by atoms with Gasteiger partial charge in [0.1, 0.15) is 0 Å². The lowest BCUT2D eigenvalue weighted by Crippen LogP contribution is -2.44. The number of likely N-dealkylation sites (tertiary alicyclic amines) is 1.